The maximum Gasteiger partial charge on any atom is 0.123 e. The number of pyridine rings is 1. The van der Waals surface area contributed by atoms with Crippen molar-refractivity contribution in [2.24, 2.45) is 0 Å². The van der Waals surface area contributed by atoms with E-state index in [1.165, 1.54) is 12.1 Å². The van der Waals surface area contributed by atoms with Crippen LogP contribution < -0.4 is 0 Å². The Labute approximate surface area is 125 Å². The molecule has 1 N–H and O–H groups in total. The summed E-state index contributed by atoms with van der Waals surface area (Å²) in [7, 11) is 1.92. The fourth-order valence-corrected chi connectivity index (χ4v) is 2.43. The Kier molecular flexibility index (Phi) is 5.42. The van der Waals surface area contributed by atoms with Gasteiger partial charge in [0.1, 0.15) is 5.82 Å². The van der Waals surface area contributed by atoms with Crippen LogP contribution in [0.25, 0.3) is 0 Å². The Morgan fingerprint density at radius 1 is 1.24 bits per heavy atom. The van der Waals surface area contributed by atoms with E-state index in [4.69, 9.17) is 0 Å². The summed E-state index contributed by atoms with van der Waals surface area (Å²) in [5.41, 5.74) is 1.67. The van der Waals surface area contributed by atoms with Crippen LogP contribution in [0.15, 0.2) is 48.7 Å². The molecule has 1 heterocycles. The molecule has 2 rings (SSSR count). The lowest BCUT2D eigenvalue weighted by atomic mass is 10.0. The molecule has 112 valence electrons. The van der Waals surface area contributed by atoms with Crippen LogP contribution in [0.3, 0.4) is 0 Å². The molecular formula is C17H21FN2O. The predicted molar refractivity (Wildman–Crippen MR) is 81.4 cm³/mol. The second-order valence-electron chi connectivity index (χ2n) is 5.21. The molecule has 0 aliphatic heterocycles. The predicted octanol–water partition coefficient (Wildman–Crippen LogP) is 3.01. The molecule has 0 aliphatic carbocycles. The van der Waals surface area contributed by atoms with E-state index in [1.807, 2.05) is 43.1 Å². The maximum atomic E-state index is 13.5. The molecule has 0 amide bonds. The van der Waals surface area contributed by atoms with Crippen molar-refractivity contribution in [1.29, 1.82) is 0 Å². The van der Waals surface area contributed by atoms with Crippen molar-refractivity contribution in [2.75, 3.05) is 13.6 Å². The van der Waals surface area contributed by atoms with Crippen molar-refractivity contribution in [2.45, 2.75) is 25.5 Å². The molecule has 0 bridgehead atoms. The highest BCUT2D eigenvalue weighted by atomic mass is 19.1. The van der Waals surface area contributed by atoms with Gasteiger partial charge in [-0.3, -0.25) is 9.88 Å². The van der Waals surface area contributed by atoms with Crippen LogP contribution in [0.2, 0.25) is 0 Å². The van der Waals surface area contributed by atoms with E-state index in [1.54, 1.807) is 12.3 Å². The third-order valence-corrected chi connectivity index (χ3v) is 3.54. The summed E-state index contributed by atoms with van der Waals surface area (Å²) in [5, 5.41) is 9.89. The van der Waals surface area contributed by atoms with Crippen LogP contribution in [0.4, 0.5) is 4.39 Å². The van der Waals surface area contributed by atoms with Gasteiger partial charge in [0.25, 0.3) is 0 Å². The molecule has 4 heteroatoms. The van der Waals surface area contributed by atoms with Gasteiger partial charge >= 0.3 is 0 Å². The minimum atomic E-state index is -0.408. The van der Waals surface area contributed by atoms with E-state index < -0.39 is 6.10 Å². The summed E-state index contributed by atoms with van der Waals surface area (Å²) in [6, 6.07) is 12.1. The zero-order chi connectivity index (χ0) is 15.2. The molecule has 0 spiro atoms. The first-order valence-corrected chi connectivity index (χ1v) is 7.16. The van der Waals surface area contributed by atoms with Crippen LogP contribution >= 0.6 is 0 Å². The van der Waals surface area contributed by atoms with Gasteiger partial charge in [-0.15, -0.1) is 0 Å². The summed E-state index contributed by atoms with van der Waals surface area (Å²) in [6.45, 7) is 2.45. The monoisotopic (exact) mass is 288 g/mol. The largest absolute Gasteiger partial charge is 0.392 e. The van der Waals surface area contributed by atoms with Crippen molar-refractivity contribution < 1.29 is 9.50 Å². The quantitative estimate of drug-likeness (QED) is 0.887. The number of aliphatic hydroxyl groups is 1. The Balaban J connectivity index is 2.35. The fraction of sp³-hybridized carbons (Fsp3) is 0.353. The molecule has 0 aliphatic rings. The Morgan fingerprint density at radius 2 is 2.05 bits per heavy atom. The van der Waals surface area contributed by atoms with Gasteiger partial charge in [-0.1, -0.05) is 25.1 Å². The van der Waals surface area contributed by atoms with E-state index in [0.717, 1.165) is 11.3 Å². The minimum absolute atomic E-state index is 0.178. The summed E-state index contributed by atoms with van der Waals surface area (Å²) in [4.78, 5) is 6.40. The number of likely N-dealkylation sites (N-methyl/N-ethyl adjacent to an activating group) is 1. The number of nitrogens with zero attached hydrogens (tertiary/aromatic N) is 2. The topological polar surface area (TPSA) is 36.4 Å². The van der Waals surface area contributed by atoms with Crippen molar-refractivity contribution >= 4 is 0 Å². The molecule has 0 fully saturated rings. The number of hydrogen-bond donors (Lipinski definition) is 1. The summed E-state index contributed by atoms with van der Waals surface area (Å²) in [5.74, 6) is -0.266. The summed E-state index contributed by atoms with van der Waals surface area (Å²) < 4.78 is 13.5. The Bertz CT molecular complexity index is 562. The number of aliphatic hydroxyl groups excluding tert-OH is 1. The molecule has 2 aromatic rings. The molecule has 3 nitrogen and oxygen atoms in total. The van der Waals surface area contributed by atoms with Gasteiger partial charge in [0.05, 0.1) is 17.8 Å². The molecule has 2 atom stereocenters. The average Bonchev–Trinajstić information content (AvgIpc) is 2.48. The van der Waals surface area contributed by atoms with E-state index in [0.29, 0.717) is 13.0 Å². The van der Waals surface area contributed by atoms with Gasteiger partial charge in [0.2, 0.25) is 0 Å². The Morgan fingerprint density at radius 3 is 2.67 bits per heavy atom. The third kappa shape index (κ3) is 4.09. The molecular weight excluding hydrogens is 267 g/mol. The smallest absolute Gasteiger partial charge is 0.123 e. The maximum absolute atomic E-state index is 13.5. The molecule has 0 saturated heterocycles. The number of rotatable bonds is 6. The highest BCUT2D eigenvalue weighted by Crippen LogP contribution is 2.26. The average molecular weight is 288 g/mol. The fourth-order valence-electron chi connectivity index (χ4n) is 2.43. The van der Waals surface area contributed by atoms with Crippen LogP contribution in [0, 0.1) is 5.82 Å². The second kappa shape index (κ2) is 7.29. The molecule has 21 heavy (non-hydrogen) atoms. The van der Waals surface area contributed by atoms with Crippen molar-refractivity contribution in [1.82, 2.24) is 9.88 Å². The highest BCUT2D eigenvalue weighted by molar-refractivity contribution is 5.28. The number of benzene rings is 1. The zero-order valence-corrected chi connectivity index (χ0v) is 12.4. The van der Waals surface area contributed by atoms with Crippen LogP contribution in [-0.4, -0.2) is 34.7 Å². The van der Waals surface area contributed by atoms with E-state index in [2.05, 4.69) is 4.98 Å². The first-order chi connectivity index (χ1) is 10.1. The zero-order valence-electron chi connectivity index (χ0n) is 12.4. The molecule has 1 aromatic carbocycles. The van der Waals surface area contributed by atoms with Crippen LogP contribution in [0.1, 0.15) is 30.6 Å². The standard InChI is InChI=1S/C17H21FN2O/c1-3-15(21)12-20(2)17(16-9-4-5-10-19-16)13-7-6-8-14(18)11-13/h4-11,15,17,21H,3,12H2,1-2H3/t15-,17+/m0/s1. The van der Waals surface area contributed by atoms with E-state index in [-0.39, 0.29) is 11.9 Å². The Hall–Kier alpha value is -1.78. The molecule has 0 unspecified atom stereocenters. The first kappa shape index (κ1) is 15.6. The first-order valence-electron chi connectivity index (χ1n) is 7.16. The van der Waals surface area contributed by atoms with Gasteiger partial charge in [-0.25, -0.2) is 4.39 Å². The normalized spacial score (nSPS) is 14.1. The van der Waals surface area contributed by atoms with Gasteiger partial charge in [-0.2, -0.15) is 0 Å². The minimum Gasteiger partial charge on any atom is -0.392 e. The lowest BCUT2D eigenvalue weighted by molar-refractivity contribution is 0.108. The number of hydrogen-bond acceptors (Lipinski definition) is 3. The van der Waals surface area contributed by atoms with Gasteiger partial charge in [0.15, 0.2) is 0 Å². The van der Waals surface area contributed by atoms with E-state index >= 15 is 0 Å². The molecule has 1 aromatic heterocycles. The van der Waals surface area contributed by atoms with Crippen molar-refractivity contribution in [3.05, 3.63) is 65.7 Å². The highest BCUT2D eigenvalue weighted by Gasteiger charge is 2.22. The number of aromatic nitrogens is 1. The van der Waals surface area contributed by atoms with Gasteiger partial charge in [0, 0.05) is 12.7 Å². The van der Waals surface area contributed by atoms with Gasteiger partial charge < -0.3 is 5.11 Å². The SMILES string of the molecule is CC[C@H](O)CN(C)[C@H](c1cccc(F)c1)c1ccccn1. The second-order valence-corrected chi connectivity index (χ2v) is 5.21. The van der Waals surface area contributed by atoms with Crippen molar-refractivity contribution in [3.8, 4) is 0 Å². The third-order valence-electron chi connectivity index (χ3n) is 3.54. The van der Waals surface area contributed by atoms with Crippen LogP contribution in [-0.2, 0) is 0 Å². The molecule has 0 saturated carbocycles. The lowest BCUT2D eigenvalue weighted by Crippen LogP contribution is -2.33. The lowest BCUT2D eigenvalue weighted by Gasteiger charge is -2.29. The number of halogens is 1. The summed E-state index contributed by atoms with van der Waals surface area (Å²) in [6.07, 6.45) is 2.00. The van der Waals surface area contributed by atoms with Gasteiger partial charge in [-0.05, 0) is 43.3 Å². The van der Waals surface area contributed by atoms with Crippen LogP contribution in [0.5, 0.6) is 0 Å². The van der Waals surface area contributed by atoms with E-state index in [9.17, 15) is 9.50 Å². The van der Waals surface area contributed by atoms with Crippen molar-refractivity contribution in [3.63, 3.8) is 0 Å². The summed E-state index contributed by atoms with van der Waals surface area (Å²) >= 11 is 0. The molecule has 0 radical (unpaired) electrons.